The molecule has 0 saturated carbocycles. The number of rotatable bonds is 4. The first-order valence-corrected chi connectivity index (χ1v) is 6.82. The Balaban J connectivity index is 2.02. The molecule has 0 bridgehead atoms. The molecule has 0 amide bonds. The van der Waals surface area contributed by atoms with Crippen molar-refractivity contribution < 1.29 is 13.9 Å². The molecule has 0 unspecified atom stereocenters. The fourth-order valence-electron chi connectivity index (χ4n) is 1.95. The highest BCUT2D eigenvalue weighted by atomic mass is 79.9. The summed E-state index contributed by atoms with van der Waals surface area (Å²) in [6.45, 7) is 5.70. The summed E-state index contributed by atoms with van der Waals surface area (Å²) in [6, 6.07) is 3.23. The lowest BCUT2D eigenvalue weighted by molar-refractivity contribution is 0.0490. The van der Waals surface area contributed by atoms with Crippen molar-refractivity contribution in [2.45, 2.75) is 12.8 Å². The minimum atomic E-state index is -0.355. The summed E-state index contributed by atoms with van der Waals surface area (Å²) in [4.78, 5) is 0. The Morgan fingerprint density at radius 1 is 1.44 bits per heavy atom. The molecule has 1 aliphatic rings. The maximum atomic E-state index is 13.8. The molecule has 18 heavy (non-hydrogen) atoms. The van der Waals surface area contributed by atoms with Gasteiger partial charge < -0.3 is 9.47 Å². The van der Waals surface area contributed by atoms with E-state index >= 15 is 0 Å². The van der Waals surface area contributed by atoms with Gasteiger partial charge in [0.15, 0.2) is 11.6 Å². The van der Waals surface area contributed by atoms with Crippen LogP contribution in [0.2, 0.25) is 0 Å². The molecule has 1 aromatic rings. The van der Waals surface area contributed by atoms with Crippen LogP contribution in [0.25, 0.3) is 6.08 Å². The first-order chi connectivity index (χ1) is 8.70. The van der Waals surface area contributed by atoms with Crippen molar-refractivity contribution in [3.63, 3.8) is 0 Å². The molecule has 0 radical (unpaired) electrons. The van der Waals surface area contributed by atoms with Crippen LogP contribution in [0.15, 0.2) is 23.2 Å². The Kier molecular flexibility index (Phi) is 4.78. The smallest absolute Gasteiger partial charge is 0.169 e. The van der Waals surface area contributed by atoms with Gasteiger partial charge in [0.1, 0.15) is 0 Å². The standard InChI is InChI=1S/C14H16BrFO2/c1-2-10-7-12(15)14(13(16)8-10)18-9-11-3-5-17-6-4-11/h2,7-8,11H,1,3-6,9H2. The minimum absolute atomic E-state index is 0.284. The molecule has 2 rings (SSSR count). The molecular formula is C14H16BrFO2. The summed E-state index contributed by atoms with van der Waals surface area (Å²) >= 11 is 3.33. The number of ether oxygens (including phenoxy) is 2. The first-order valence-electron chi connectivity index (χ1n) is 6.02. The average Bonchev–Trinajstić information content (AvgIpc) is 2.38. The SMILES string of the molecule is C=Cc1cc(F)c(OCC2CCOCC2)c(Br)c1. The Morgan fingerprint density at radius 2 is 2.17 bits per heavy atom. The van der Waals surface area contributed by atoms with E-state index in [4.69, 9.17) is 9.47 Å². The van der Waals surface area contributed by atoms with E-state index in [-0.39, 0.29) is 11.6 Å². The Hall–Kier alpha value is -0.870. The summed E-state index contributed by atoms with van der Waals surface area (Å²) in [5, 5.41) is 0. The zero-order valence-corrected chi connectivity index (χ0v) is 11.7. The van der Waals surface area contributed by atoms with Crippen molar-refractivity contribution in [3.05, 3.63) is 34.6 Å². The van der Waals surface area contributed by atoms with Gasteiger partial charge in [-0.05, 0) is 52.4 Å². The van der Waals surface area contributed by atoms with E-state index in [9.17, 15) is 4.39 Å². The van der Waals surface area contributed by atoms with Gasteiger partial charge in [-0.1, -0.05) is 12.7 Å². The van der Waals surface area contributed by atoms with Crippen LogP contribution in [0.5, 0.6) is 5.75 Å². The third-order valence-electron chi connectivity index (χ3n) is 3.06. The second kappa shape index (κ2) is 6.34. The van der Waals surface area contributed by atoms with Gasteiger partial charge in [-0.15, -0.1) is 0 Å². The van der Waals surface area contributed by atoms with E-state index in [1.807, 2.05) is 0 Å². The lowest BCUT2D eigenvalue weighted by Gasteiger charge is -2.22. The fraction of sp³-hybridized carbons (Fsp3) is 0.429. The molecule has 1 saturated heterocycles. The van der Waals surface area contributed by atoms with Crippen LogP contribution in [-0.2, 0) is 4.74 Å². The maximum Gasteiger partial charge on any atom is 0.169 e. The molecule has 1 aromatic carbocycles. The summed E-state index contributed by atoms with van der Waals surface area (Å²) in [5.41, 5.74) is 0.734. The summed E-state index contributed by atoms with van der Waals surface area (Å²) in [6.07, 6.45) is 3.56. The predicted octanol–water partition coefficient (Wildman–Crippen LogP) is 4.04. The number of halogens is 2. The van der Waals surface area contributed by atoms with Crippen LogP contribution >= 0.6 is 15.9 Å². The van der Waals surface area contributed by atoms with E-state index in [0.29, 0.717) is 17.0 Å². The van der Waals surface area contributed by atoms with E-state index in [1.54, 1.807) is 12.1 Å². The topological polar surface area (TPSA) is 18.5 Å². The Labute approximate surface area is 115 Å². The monoisotopic (exact) mass is 314 g/mol. The highest BCUT2D eigenvalue weighted by Gasteiger charge is 2.17. The normalized spacial score (nSPS) is 16.6. The van der Waals surface area contributed by atoms with Crippen molar-refractivity contribution in [3.8, 4) is 5.75 Å². The fourth-order valence-corrected chi connectivity index (χ4v) is 2.52. The van der Waals surface area contributed by atoms with Crippen LogP contribution in [0.1, 0.15) is 18.4 Å². The molecule has 0 atom stereocenters. The molecule has 4 heteroatoms. The molecule has 0 aliphatic carbocycles. The third-order valence-corrected chi connectivity index (χ3v) is 3.65. The third kappa shape index (κ3) is 3.33. The first kappa shape index (κ1) is 13.6. The highest BCUT2D eigenvalue weighted by molar-refractivity contribution is 9.10. The van der Waals surface area contributed by atoms with Gasteiger partial charge in [-0.25, -0.2) is 4.39 Å². The highest BCUT2D eigenvalue weighted by Crippen LogP contribution is 2.31. The Bertz CT molecular complexity index is 405. The number of hydrogen-bond donors (Lipinski definition) is 0. The van der Waals surface area contributed by atoms with Gasteiger partial charge in [0, 0.05) is 13.2 Å². The molecule has 1 fully saturated rings. The summed E-state index contributed by atoms with van der Waals surface area (Å²) in [5.74, 6) is 0.377. The van der Waals surface area contributed by atoms with Crippen LogP contribution in [0, 0.1) is 11.7 Å². The van der Waals surface area contributed by atoms with Crippen LogP contribution < -0.4 is 4.74 Å². The number of benzene rings is 1. The molecule has 0 spiro atoms. The Morgan fingerprint density at radius 3 is 2.78 bits per heavy atom. The molecule has 2 nitrogen and oxygen atoms in total. The van der Waals surface area contributed by atoms with Gasteiger partial charge in [0.25, 0.3) is 0 Å². The second-order valence-electron chi connectivity index (χ2n) is 4.38. The lowest BCUT2D eigenvalue weighted by atomic mass is 10.0. The van der Waals surface area contributed by atoms with Gasteiger partial charge in [-0.3, -0.25) is 0 Å². The molecule has 1 aliphatic heterocycles. The molecular weight excluding hydrogens is 299 g/mol. The second-order valence-corrected chi connectivity index (χ2v) is 5.24. The summed E-state index contributed by atoms with van der Waals surface area (Å²) in [7, 11) is 0. The summed E-state index contributed by atoms with van der Waals surface area (Å²) < 4.78 is 25.3. The van der Waals surface area contributed by atoms with Crippen molar-refractivity contribution in [1.82, 2.24) is 0 Å². The van der Waals surface area contributed by atoms with Crippen molar-refractivity contribution in [1.29, 1.82) is 0 Å². The van der Waals surface area contributed by atoms with Crippen molar-refractivity contribution in [2.75, 3.05) is 19.8 Å². The lowest BCUT2D eigenvalue weighted by Crippen LogP contribution is -2.21. The largest absolute Gasteiger partial charge is 0.489 e. The van der Waals surface area contributed by atoms with Crippen LogP contribution in [0.4, 0.5) is 4.39 Å². The van der Waals surface area contributed by atoms with Crippen LogP contribution in [0.3, 0.4) is 0 Å². The van der Waals surface area contributed by atoms with Gasteiger partial charge in [-0.2, -0.15) is 0 Å². The minimum Gasteiger partial charge on any atom is -0.489 e. The predicted molar refractivity (Wildman–Crippen MR) is 73.2 cm³/mol. The van der Waals surface area contributed by atoms with E-state index < -0.39 is 0 Å². The van der Waals surface area contributed by atoms with Gasteiger partial charge in [0.2, 0.25) is 0 Å². The van der Waals surface area contributed by atoms with Gasteiger partial charge in [0.05, 0.1) is 11.1 Å². The zero-order valence-electron chi connectivity index (χ0n) is 10.1. The number of hydrogen-bond acceptors (Lipinski definition) is 2. The van der Waals surface area contributed by atoms with Gasteiger partial charge >= 0.3 is 0 Å². The quantitative estimate of drug-likeness (QED) is 0.835. The van der Waals surface area contributed by atoms with E-state index in [2.05, 4.69) is 22.5 Å². The van der Waals surface area contributed by atoms with E-state index in [1.165, 1.54) is 6.07 Å². The van der Waals surface area contributed by atoms with Crippen molar-refractivity contribution in [2.24, 2.45) is 5.92 Å². The maximum absolute atomic E-state index is 13.8. The van der Waals surface area contributed by atoms with Crippen LogP contribution in [-0.4, -0.2) is 19.8 Å². The van der Waals surface area contributed by atoms with Crippen molar-refractivity contribution >= 4 is 22.0 Å². The van der Waals surface area contributed by atoms with E-state index in [0.717, 1.165) is 31.6 Å². The molecule has 0 aromatic heterocycles. The molecule has 0 N–H and O–H groups in total. The zero-order chi connectivity index (χ0) is 13.0. The average molecular weight is 315 g/mol. The molecule has 1 heterocycles. The molecule has 98 valence electrons.